The van der Waals surface area contributed by atoms with Gasteiger partial charge in [-0.2, -0.15) is 5.10 Å². The monoisotopic (exact) mass is 470 g/mol. The largest absolute Gasteiger partial charge is 0.493 e. The molecule has 0 radical (unpaired) electrons. The zero-order valence-corrected chi connectivity index (χ0v) is 18.3. The van der Waals surface area contributed by atoms with E-state index >= 15 is 0 Å². The van der Waals surface area contributed by atoms with Crippen LogP contribution in [0.5, 0.6) is 17.2 Å². The van der Waals surface area contributed by atoms with Crippen molar-refractivity contribution < 1.29 is 29.0 Å². The minimum absolute atomic E-state index is 0.172. The molecule has 1 aromatic heterocycles. The smallest absolute Gasteiger partial charge is 0.352 e. The van der Waals surface area contributed by atoms with E-state index in [0.717, 1.165) is 4.88 Å². The number of aliphatic carboxylic acids is 1. The van der Waals surface area contributed by atoms with Crippen LogP contribution in [-0.2, 0) is 17.8 Å². The fourth-order valence-electron chi connectivity index (χ4n) is 3.37. The standard InChI is InChI=1S/C21H18N4O7S/c1-30-15-8-7-12-17-16(10-32-18(12)19(15)31-2)33-21(22-17)24-23-13(20(26)27)9-11-5-3-4-6-14(11)25(28)29/h3-8H,9-10H2,1-2H3,(H,22,24)(H,26,27)/b23-13+. The molecule has 33 heavy (non-hydrogen) atoms. The van der Waals surface area contributed by atoms with Crippen molar-refractivity contribution >= 4 is 33.8 Å². The predicted molar refractivity (Wildman–Crippen MR) is 120 cm³/mol. The zero-order valence-electron chi connectivity index (χ0n) is 17.5. The molecule has 2 aromatic carbocycles. The van der Waals surface area contributed by atoms with Crippen molar-refractivity contribution in [3.63, 3.8) is 0 Å². The van der Waals surface area contributed by atoms with Gasteiger partial charge in [-0.15, -0.1) is 0 Å². The third kappa shape index (κ3) is 4.28. The summed E-state index contributed by atoms with van der Waals surface area (Å²) < 4.78 is 16.6. The van der Waals surface area contributed by atoms with Crippen molar-refractivity contribution in [2.75, 3.05) is 19.6 Å². The van der Waals surface area contributed by atoms with Gasteiger partial charge in [0, 0.05) is 23.6 Å². The molecule has 0 atom stereocenters. The second kappa shape index (κ2) is 9.12. The normalized spacial score (nSPS) is 12.2. The van der Waals surface area contributed by atoms with Crippen LogP contribution in [0.1, 0.15) is 10.4 Å². The maximum absolute atomic E-state index is 11.7. The summed E-state index contributed by atoms with van der Waals surface area (Å²) in [5.74, 6) is 0.192. The Morgan fingerprint density at radius 3 is 2.79 bits per heavy atom. The van der Waals surface area contributed by atoms with Crippen molar-refractivity contribution in [3.8, 4) is 28.5 Å². The highest BCUT2D eigenvalue weighted by Crippen LogP contribution is 2.49. The van der Waals surface area contributed by atoms with Crippen LogP contribution in [0.15, 0.2) is 41.5 Å². The first-order chi connectivity index (χ1) is 15.9. The molecule has 0 amide bonds. The lowest BCUT2D eigenvalue weighted by Crippen LogP contribution is -2.18. The van der Waals surface area contributed by atoms with Crippen molar-refractivity contribution in [1.29, 1.82) is 0 Å². The van der Waals surface area contributed by atoms with Gasteiger partial charge in [-0.05, 0) is 12.1 Å². The Hall–Kier alpha value is -4.19. The van der Waals surface area contributed by atoms with E-state index in [1.165, 1.54) is 43.8 Å². The van der Waals surface area contributed by atoms with Gasteiger partial charge in [0.2, 0.25) is 10.9 Å². The second-order valence-electron chi connectivity index (χ2n) is 6.80. The van der Waals surface area contributed by atoms with Gasteiger partial charge >= 0.3 is 5.97 Å². The molecule has 2 heterocycles. The van der Waals surface area contributed by atoms with E-state index in [1.54, 1.807) is 18.2 Å². The summed E-state index contributed by atoms with van der Waals surface area (Å²) in [4.78, 5) is 27.7. The lowest BCUT2D eigenvalue weighted by atomic mass is 10.1. The molecule has 0 saturated heterocycles. The number of nitrogens with zero attached hydrogens (tertiary/aromatic N) is 3. The van der Waals surface area contributed by atoms with Gasteiger partial charge in [-0.1, -0.05) is 29.5 Å². The SMILES string of the molecule is COc1ccc2c(c1OC)OCc1sc(N/N=C(\Cc3ccccc3[N+](=O)[O-])C(=O)O)nc1-2. The Bertz CT molecular complexity index is 1270. The van der Waals surface area contributed by atoms with Gasteiger partial charge in [-0.25, -0.2) is 9.78 Å². The topological polar surface area (TPSA) is 145 Å². The molecule has 0 spiro atoms. The summed E-state index contributed by atoms with van der Waals surface area (Å²) in [6, 6.07) is 9.48. The first-order valence-corrected chi connectivity index (χ1v) is 10.4. The number of para-hydroxylation sites is 1. The summed E-state index contributed by atoms with van der Waals surface area (Å²) >= 11 is 1.26. The number of carboxylic acid groups (broad SMARTS) is 1. The van der Waals surface area contributed by atoms with Crippen LogP contribution in [0.4, 0.5) is 10.8 Å². The number of aromatic nitrogens is 1. The number of hydrogen-bond acceptors (Lipinski definition) is 10. The molecule has 1 aliphatic rings. The Morgan fingerprint density at radius 2 is 2.09 bits per heavy atom. The van der Waals surface area contributed by atoms with Crippen molar-refractivity contribution in [2.24, 2.45) is 5.10 Å². The number of fused-ring (bicyclic) bond motifs is 3. The first kappa shape index (κ1) is 22.0. The van der Waals surface area contributed by atoms with Crippen LogP contribution in [0.25, 0.3) is 11.3 Å². The van der Waals surface area contributed by atoms with Crippen molar-refractivity contribution in [2.45, 2.75) is 13.0 Å². The Morgan fingerprint density at radius 1 is 1.30 bits per heavy atom. The number of hydrazone groups is 1. The molecule has 1 aliphatic heterocycles. The highest BCUT2D eigenvalue weighted by atomic mass is 32.1. The average Bonchev–Trinajstić information content (AvgIpc) is 3.24. The van der Waals surface area contributed by atoms with Crippen molar-refractivity contribution in [1.82, 2.24) is 4.98 Å². The highest BCUT2D eigenvalue weighted by molar-refractivity contribution is 7.16. The molecular weight excluding hydrogens is 452 g/mol. The number of carbonyl (C=O) groups is 1. The highest BCUT2D eigenvalue weighted by Gasteiger charge is 2.27. The van der Waals surface area contributed by atoms with Crippen LogP contribution in [0, 0.1) is 10.1 Å². The predicted octanol–water partition coefficient (Wildman–Crippen LogP) is 3.72. The Labute approximate surface area is 191 Å². The molecule has 0 saturated carbocycles. The van der Waals surface area contributed by atoms with Crippen LogP contribution in [-0.4, -0.2) is 40.9 Å². The van der Waals surface area contributed by atoms with Gasteiger partial charge < -0.3 is 19.3 Å². The van der Waals surface area contributed by atoms with E-state index in [4.69, 9.17) is 14.2 Å². The van der Waals surface area contributed by atoms with Gasteiger partial charge in [0.15, 0.2) is 11.5 Å². The van der Waals surface area contributed by atoms with Crippen LogP contribution < -0.4 is 19.6 Å². The van der Waals surface area contributed by atoms with E-state index in [0.29, 0.717) is 33.6 Å². The third-order valence-electron chi connectivity index (χ3n) is 4.88. The molecule has 170 valence electrons. The number of anilines is 1. The molecule has 11 nitrogen and oxygen atoms in total. The van der Waals surface area contributed by atoms with E-state index in [9.17, 15) is 20.0 Å². The fraction of sp³-hybridized carbons (Fsp3) is 0.190. The summed E-state index contributed by atoms with van der Waals surface area (Å²) in [5, 5.41) is 25.1. The number of carboxylic acids is 1. The molecule has 3 aromatic rings. The fourth-order valence-corrected chi connectivity index (χ4v) is 4.20. The third-order valence-corrected chi connectivity index (χ3v) is 5.81. The number of rotatable bonds is 8. The van der Waals surface area contributed by atoms with E-state index in [1.807, 2.05) is 0 Å². The summed E-state index contributed by atoms with van der Waals surface area (Å²) in [6.45, 7) is 0.247. The van der Waals surface area contributed by atoms with E-state index in [-0.39, 0.29) is 30.0 Å². The van der Waals surface area contributed by atoms with Gasteiger partial charge in [0.25, 0.3) is 5.69 Å². The van der Waals surface area contributed by atoms with Crippen molar-refractivity contribution in [3.05, 3.63) is 57.0 Å². The van der Waals surface area contributed by atoms with Crippen LogP contribution in [0.3, 0.4) is 0 Å². The summed E-state index contributed by atoms with van der Waals surface area (Å²) in [7, 11) is 3.05. The molecular formula is C21H18N4O7S. The van der Waals surface area contributed by atoms with Crippen LogP contribution in [0.2, 0.25) is 0 Å². The average molecular weight is 470 g/mol. The maximum Gasteiger partial charge on any atom is 0.352 e. The lowest BCUT2D eigenvalue weighted by molar-refractivity contribution is -0.385. The number of ether oxygens (including phenoxy) is 3. The van der Waals surface area contributed by atoms with E-state index < -0.39 is 10.9 Å². The quantitative estimate of drug-likeness (QED) is 0.286. The molecule has 12 heteroatoms. The number of nitro benzene ring substituents is 1. The molecule has 0 unspecified atom stereocenters. The minimum atomic E-state index is -1.30. The molecule has 0 bridgehead atoms. The molecule has 2 N–H and O–H groups in total. The van der Waals surface area contributed by atoms with Crippen LogP contribution >= 0.6 is 11.3 Å². The molecule has 0 aliphatic carbocycles. The number of thiazole rings is 1. The lowest BCUT2D eigenvalue weighted by Gasteiger charge is -2.20. The molecule has 0 fully saturated rings. The number of nitrogens with one attached hydrogen (secondary N) is 1. The van der Waals surface area contributed by atoms with E-state index in [2.05, 4.69) is 15.5 Å². The zero-order chi connectivity index (χ0) is 23.5. The Balaban J connectivity index is 1.62. The van der Waals surface area contributed by atoms with Gasteiger partial charge in [0.1, 0.15) is 12.3 Å². The first-order valence-electron chi connectivity index (χ1n) is 9.59. The number of hydrogen-bond donors (Lipinski definition) is 2. The van der Waals surface area contributed by atoms with Gasteiger partial charge in [-0.3, -0.25) is 15.5 Å². The number of methoxy groups -OCH3 is 2. The minimum Gasteiger partial charge on any atom is -0.493 e. The second-order valence-corrected chi connectivity index (χ2v) is 7.88. The Kier molecular flexibility index (Phi) is 6.09. The number of nitro groups is 1. The summed E-state index contributed by atoms with van der Waals surface area (Å²) in [6.07, 6.45) is -0.229. The van der Waals surface area contributed by atoms with Gasteiger partial charge in [0.05, 0.1) is 29.7 Å². The maximum atomic E-state index is 11.7. The molecule has 4 rings (SSSR count). The summed E-state index contributed by atoms with van der Waals surface area (Å²) in [5.41, 5.74) is 3.82. The number of benzene rings is 2.